The molecule has 182 valence electrons. The Morgan fingerprint density at radius 2 is 1.69 bits per heavy atom. The summed E-state index contributed by atoms with van der Waals surface area (Å²) in [5.41, 5.74) is 6.11. The summed E-state index contributed by atoms with van der Waals surface area (Å²) in [6.07, 6.45) is 0.463. The number of piperazine rings is 1. The van der Waals surface area contributed by atoms with Crippen molar-refractivity contribution in [2.24, 2.45) is 0 Å². The highest BCUT2D eigenvalue weighted by Gasteiger charge is 2.48. The summed E-state index contributed by atoms with van der Waals surface area (Å²) in [7, 11) is 0. The zero-order valence-electron chi connectivity index (χ0n) is 20.4. The first-order valence-corrected chi connectivity index (χ1v) is 12.4. The number of aromatic amines is 1. The van der Waals surface area contributed by atoms with Gasteiger partial charge < -0.3 is 14.8 Å². The summed E-state index contributed by atoms with van der Waals surface area (Å²) in [4.78, 5) is 34.4. The molecular formula is C30H28FN3O2. The van der Waals surface area contributed by atoms with Gasteiger partial charge in [-0.15, -0.1) is 0 Å². The van der Waals surface area contributed by atoms with Gasteiger partial charge in [0.1, 0.15) is 18.4 Å². The monoisotopic (exact) mass is 481 g/mol. The molecule has 6 heteroatoms. The number of amides is 2. The second-order valence-electron chi connectivity index (χ2n) is 10.1. The molecule has 0 aliphatic carbocycles. The van der Waals surface area contributed by atoms with Gasteiger partial charge in [0, 0.05) is 29.6 Å². The Kier molecular flexibility index (Phi) is 5.40. The smallest absolute Gasteiger partial charge is 0.246 e. The van der Waals surface area contributed by atoms with Gasteiger partial charge in [-0.25, -0.2) is 4.39 Å². The number of benzene rings is 3. The molecule has 1 aromatic heterocycles. The van der Waals surface area contributed by atoms with Crippen LogP contribution in [0.4, 0.5) is 4.39 Å². The average Bonchev–Trinajstić information content (AvgIpc) is 3.25. The number of fused-ring (bicyclic) bond motifs is 4. The predicted octanol–water partition coefficient (Wildman–Crippen LogP) is 5.32. The van der Waals surface area contributed by atoms with Crippen LogP contribution in [0.2, 0.25) is 0 Å². The van der Waals surface area contributed by atoms with Crippen molar-refractivity contribution in [3.05, 3.63) is 107 Å². The fraction of sp³-hybridized carbons (Fsp3) is 0.267. The van der Waals surface area contributed by atoms with Crippen LogP contribution in [0.3, 0.4) is 0 Å². The van der Waals surface area contributed by atoms with Crippen LogP contribution >= 0.6 is 0 Å². The standard InChI is InChI=1S/C30H28FN3O2/c1-18(2)20-9-11-21(12-10-20)29-28-24(23-5-3-4-6-25(23)32-28)15-26-30(36)33(17-27(35)34(26)29)16-19-7-13-22(31)14-8-19/h3-14,18,26,29,32H,15-17H2,1-2H3/t26-,29?/m0/s1. The molecule has 5 nitrogen and oxygen atoms in total. The predicted molar refractivity (Wildman–Crippen MR) is 137 cm³/mol. The maximum Gasteiger partial charge on any atom is 0.246 e. The molecule has 1 fully saturated rings. The minimum atomic E-state index is -0.590. The Balaban J connectivity index is 1.43. The van der Waals surface area contributed by atoms with E-state index in [2.05, 4.69) is 49.2 Å². The lowest BCUT2D eigenvalue weighted by Gasteiger charge is -2.47. The SMILES string of the molecule is CC(C)c1ccc(C2c3[nH]c4ccccc4c3C[C@H]3C(=O)N(Cc4ccc(F)cc4)CC(=O)N23)cc1. The molecule has 0 radical (unpaired) electrons. The highest BCUT2D eigenvalue weighted by Crippen LogP contribution is 2.42. The van der Waals surface area contributed by atoms with E-state index in [1.54, 1.807) is 21.9 Å². The molecule has 3 aromatic carbocycles. The topological polar surface area (TPSA) is 56.4 Å². The van der Waals surface area contributed by atoms with Crippen molar-refractivity contribution >= 4 is 22.7 Å². The molecule has 3 heterocycles. The van der Waals surface area contributed by atoms with E-state index < -0.39 is 6.04 Å². The summed E-state index contributed by atoms with van der Waals surface area (Å²) in [6.45, 7) is 4.60. The third-order valence-corrected chi connectivity index (χ3v) is 7.55. The number of H-pyrrole nitrogens is 1. The molecule has 0 bridgehead atoms. The first-order valence-electron chi connectivity index (χ1n) is 12.4. The van der Waals surface area contributed by atoms with Crippen molar-refractivity contribution in [3.63, 3.8) is 0 Å². The lowest BCUT2D eigenvalue weighted by atomic mass is 9.85. The highest BCUT2D eigenvalue weighted by atomic mass is 19.1. The first-order chi connectivity index (χ1) is 17.4. The van der Waals surface area contributed by atoms with E-state index in [0.717, 1.165) is 33.3 Å². The Labute approximate surface area is 209 Å². The average molecular weight is 482 g/mol. The molecule has 0 spiro atoms. The van der Waals surface area contributed by atoms with Crippen LogP contribution in [-0.4, -0.2) is 39.2 Å². The second-order valence-corrected chi connectivity index (χ2v) is 10.1. The van der Waals surface area contributed by atoms with Crippen molar-refractivity contribution in [2.75, 3.05) is 6.54 Å². The molecule has 2 amide bonds. The molecule has 2 atom stereocenters. The minimum absolute atomic E-state index is 0.00283. The molecule has 1 saturated heterocycles. The summed E-state index contributed by atoms with van der Waals surface area (Å²) in [6, 6.07) is 21.6. The van der Waals surface area contributed by atoms with Crippen LogP contribution in [0.1, 0.15) is 53.8 Å². The van der Waals surface area contributed by atoms with E-state index in [0.29, 0.717) is 12.3 Å². The number of nitrogens with one attached hydrogen (secondary N) is 1. The number of nitrogens with zero attached hydrogens (tertiary/aromatic N) is 2. The summed E-state index contributed by atoms with van der Waals surface area (Å²) >= 11 is 0. The van der Waals surface area contributed by atoms with Crippen LogP contribution in [0.15, 0.2) is 72.8 Å². The molecule has 2 aliphatic rings. The maximum absolute atomic E-state index is 13.8. The summed E-state index contributed by atoms with van der Waals surface area (Å²) in [5, 5.41) is 1.09. The lowest BCUT2D eigenvalue weighted by molar-refractivity contribution is -0.159. The van der Waals surface area contributed by atoms with Crippen molar-refractivity contribution in [1.29, 1.82) is 0 Å². The largest absolute Gasteiger partial charge is 0.356 e. The number of carbonyl (C=O) groups excluding carboxylic acids is 2. The number of aromatic nitrogens is 1. The quantitative estimate of drug-likeness (QED) is 0.429. The number of para-hydroxylation sites is 1. The van der Waals surface area contributed by atoms with Gasteiger partial charge in [-0.2, -0.15) is 0 Å². The van der Waals surface area contributed by atoms with Gasteiger partial charge in [0.15, 0.2) is 0 Å². The molecular weight excluding hydrogens is 453 g/mol. The van der Waals surface area contributed by atoms with Crippen molar-refractivity contribution in [1.82, 2.24) is 14.8 Å². The van der Waals surface area contributed by atoms with Gasteiger partial charge in [-0.1, -0.05) is 68.4 Å². The summed E-state index contributed by atoms with van der Waals surface area (Å²) in [5.74, 6) is -0.0703. The van der Waals surface area contributed by atoms with Crippen LogP contribution in [-0.2, 0) is 22.6 Å². The first kappa shape index (κ1) is 22.5. The van der Waals surface area contributed by atoms with E-state index in [4.69, 9.17) is 0 Å². The number of halogens is 1. The summed E-state index contributed by atoms with van der Waals surface area (Å²) < 4.78 is 13.4. The van der Waals surface area contributed by atoms with E-state index in [9.17, 15) is 14.0 Å². The van der Waals surface area contributed by atoms with Gasteiger partial charge in [-0.3, -0.25) is 9.59 Å². The molecule has 2 aliphatic heterocycles. The normalized spacial score (nSPS) is 19.7. The third kappa shape index (κ3) is 3.68. The van der Waals surface area contributed by atoms with Gasteiger partial charge in [0.25, 0.3) is 0 Å². The Morgan fingerprint density at radius 1 is 0.972 bits per heavy atom. The number of hydrogen-bond acceptors (Lipinski definition) is 2. The van der Waals surface area contributed by atoms with Gasteiger partial charge in [0.05, 0.1) is 6.04 Å². The maximum atomic E-state index is 13.8. The molecule has 6 rings (SSSR count). The molecule has 36 heavy (non-hydrogen) atoms. The van der Waals surface area contributed by atoms with Crippen molar-refractivity contribution < 1.29 is 14.0 Å². The van der Waals surface area contributed by atoms with Gasteiger partial charge in [-0.05, 0) is 46.4 Å². The Hall–Kier alpha value is -3.93. The fourth-order valence-electron chi connectivity index (χ4n) is 5.68. The van der Waals surface area contributed by atoms with Crippen molar-refractivity contribution in [2.45, 2.75) is 44.8 Å². The second kappa shape index (κ2) is 8.63. The molecule has 1 unspecified atom stereocenters. The number of rotatable bonds is 4. The number of hydrogen-bond donors (Lipinski definition) is 1. The van der Waals surface area contributed by atoms with Crippen molar-refractivity contribution in [3.8, 4) is 0 Å². The zero-order chi connectivity index (χ0) is 25.0. The lowest BCUT2D eigenvalue weighted by Crippen LogP contribution is -2.62. The molecule has 4 aromatic rings. The minimum Gasteiger partial charge on any atom is -0.356 e. The third-order valence-electron chi connectivity index (χ3n) is 7.55. The van der Waals surface area contributed by atoms with Gasteiger partial charge >= 0.3 is 0 Å². The zero-order valence-corrected chi connectivity index (χ0v) is 20.4. The van der Waals surface area contributed by atoms with E-state index in [-0.39, 0.29) is 36.8 Å². The fourth-order valence-corrected chi connectivity index (χ4v) is 5.68. The van der Waals surface area contributed by atoms with E-state index in [1.807, 2.05) is 18.2 Å². The van der Waals surface area contributed by atoms with Crippen LogP contribution in [0.5, 0.6) is 0 Å². The Bertz CT molecular complexity index is 1460. The van der Waals surface area contributed by atoms with Crippen LogP contribution in [0.25, 0.3) is 10.9 Å². The van der Waals surface area contributed by atoms with E-state index in [1.165, 1.54) is 17.7 Å². The number of carbonyl (C=O) groups is 2. The van der Waals surface area contributed by atoms with Crippen LogP contribution < -0.4 is 0 Å². The highest BCUT2D eigenvalue weighted by molar-refractivity contribution is 5.97. The molecule has 1 N–H and O–H groups in total. The van der Waals surface area contributed by atoms with E-state index >= 15 is 0 Å². The van der Waals surface area contributed by atoms with Gasteiger partial charge in [0.2, 0.25) is 11.8 Å². The Morgan fingerprint density at radius 3 is 2.42 bits per heavy atom. The van der Waals surface area contributed by atoms with Crippen LogP contribution in [0, 0.1) is 5.82 Å². The molecule has 0 saturated carbocycles.